The molecule has 0 fully saturated rings. The highest BCUT2D eigenvalue weighted by atomic mass is 35.5. The van der Waals surface area contributed by atoms with Crippen LogP contribution in [0.2, 0.25) is 5.02 Å². The van der Waals surface area contributed by atoms with Gasteiger partial charge in [0.05, 0.1) is 16.9 Å². The molecule has 1 N–H and O–H groups in total. The van der Waals surface area contributed by atoms with Crippen LogP contribution < -0.4 is 5.32 Å². The van der Waals surface area contributed by atoms with Gasteiger partial charge in [-0.2, -0.15) is 0 Å². The number of carbonyl (C=O) groups excluding carboxylic acids is 1. The van der Waals surface area contributed by atoms with Gasteiger partial charge in [0.15, 0.2) is 0 Å². The molecule has 0 radical (unpaired) electrons. The van der Waals surface area contributed by atoms with E-state index in [1.165, 1.54) is 12.3 Å². The molecule has 1 amide bonds. The van der Waals surface area contributed by atoms with Crippen LogP contribution in [0.25, 0.3) is 0 Å². The van der Waals surface area contributed by atoms with Crippen LogP contribution >= 0.6 is 11.6 Å². The number of amides is 1. The summed E-state index contributed by atoms with van der Waals surface area (Å²) in [4.78, 5) is 14.9. The highest BCUT2D eigenvalue weighted by Crippen LogP contribution is 2.18. The van der Waals surface area contributed by atoms with Gasteiger partial charge in [-0.3, -0.25) is 9.78 Å². The lowest BCUT2D eigenvalue weighted by molar-refractivity contribution is -0.115. The third-order valence-corrected chi connectivity index (χ3v) is 1.70. The molecule has 0 unspecified atom stereocenters. The fraction of sp³-hybridized carbons (Fsp3) is 0.111. The topological polar surface area (TPSA) is 42.0 Å². The third-order valence-electron chi connectivity index (χ3n) is 1.37. The minimum absolute atomic E-state index is 0.148. The summed E-state index contributed by atoms with van der Waals surface area (Å²) in [5, 5.41) is 3.09. The Morgan fingerprint density at radius 1 is 1.77 bits per heavy atom. The summed E-state index contributed by atoms with van der Waals surface area (Å²) >= 11 is 5.79. The van der Waals surface area contributed by atoms with Crippen molar-refractivity contribution >= 4 is 23.2 Å². The van der Waals surface area contributed by atoms with E-state index in [1.54, 1.807) is 12.3 Å². The second-order valence-electron chi connectivity index (χ2n) is 2.40. The maximum Gasteiger partial charge on any atom is 0.228 e. The molecule has 0 aliphatic heterocycles. The SMILES string of the molecule is C=CCC(=O)Nc1cnccc1Cl. The van der Waals surface area contributed by atoms with E-state index in [1.807, 2.05) is 0 Å². The molecular weight excluding hydrogens is 188 g/mol. The van der Waals surface area contributed by atoms with Crippen LogP contribution in [-0.4, -0.2) is 10.9 Å². The van der Waals surface area contributed by atoms with E-state index in [0.29, 0.717) is 10.7 Å². The quantitative estimate of drug-likeness (QED) is 0.754. The first-order valence-electron chi connectivity index (χ1n) is 3.74. The van der Waals surface area contributed by atoms with Gasteiger partial charge in [0.25, 0.3) is 0 Å². The monoisotopic (exact) mass is 196 g/mol. The van der Waals surface area contributed by atoms with Gasteiger partial charge in [-0.15, -0.1) is 6.58 Å². The number of rotatable bonds is 3. The minimum atomic E-state index is -0.148. The molecule has 0 saturated carbocycles. The molecule has 0 spiro atoms. The predicted molar refractivity (Wildman–Crippen MR) is 52.7 cm³/mol. The van der Waals surface area contributed by atoms with Gasteiger partial charge in [0.2, 0.25) is 5.91 Å². The Morgan fingerprint density at radius 2 is 2.54 bits per heavy atom. The maximum absolute atomic E-state index is 11.1. The fourth-order valence-corrected chi connectivity index (χ4v) is 0.954. The summed E-state index contributed by atoms with van der Waals surface area (Å²) in [7, 11) is 0. The summed E-state index contributed by atoms with van der Waals surface area (Å²) < 4.78 is 0. The van der Waals surface area contributed by atoms with Crippen LogP contribution in [0.15, 0.2) is 31.1 Å². The van der Waals surface area contributed by atoms with Crippen LogP contribution in [0.4, 0.5) is 5.69 Å². The van der Waals surface area contributed by atoms with Crippen LogP contribution in [0, 0.1) is 0 Å². The normalized spacial score (nSPS) is 9.31. The first-order chi connectivity index (χ1) is 6.24. The summed E-state index contributed by atoms with van der Waals surface area (Å²) in [5.74, 6) is -0.148. The number of hydrogen-bond acceptors (Lipinski definition) is 2. The average Bonchev–Trinajstić information content (AvgIpc) is 2.09. The van der Waals surface area contributed by atoms with Crippen molar-refractivity contribution in [3.05, 3.63) is 36.1 Å². The number of halogens is 1. The van der Waals surface area contributed by atoms with E-state index in [9.17, 15) is 4.79 Å². The number of anilines is 1. The lowest BCUT2D eigenvalue weighted by atomic mass is 10.3. The van der Waals surface area contributed by atoms with Crippen molar-refractivity contribution in [3.8, 4) is 0 Å². The zero-order valence-corrected chi connectivity index (χ0v) is 7.71. The Balaban J connectivity index is 2.68. The van der Waals surface area contributed by atoms with Gasteiger partial charge in [0, 0.05) is 12.6 Å². The maximum atomic E-state index is 11.1. The Hall–Kier alpha value is -1.35. The van der Waals surface area contributed by atoms with Crippen molar-refractivity contribution in [1.82, 2.24) is 4.98 Å². The van der Waals surface area contributed by atoms with Crippen LogP contribution in [-0.2, 0) is 4.79 Å². The second-order valence-corrected chi connectivity index (χ2v) is 2.80. The Labute approximate surface area is 81.4 Å². The predicted octanol–water partition coefficient (Wildman–Crippen LogP) is 2.25. The molecule has 0 aliphatic rings. The molecule has 3 nitrogen and oxygen atoms in total. The van der Waals surface area contributed by atoms with Gasteiger partial charge >= 0.3 is 0 Å². The number of nitrogens with one attached hydrogen (secondary N) is 1. The molecule has 68 valence electrons. The van der Waals surface area contributed by atoms with E-state index in [2.05, 4.69) is 16.9 Å². The van der Waals surface area contributed by atoms with Crippen LogP contribution in [0.3, 0.4) is 0 Å². The zero-order chi connectivity index (χ0) is 9.68. The van der Waals surface area contributed by atoms with Crippen LogP contribution in [0.5, 0.6) is 0 Å². The van der Waals surface area contributed by atoms with Gasteiger partial charge in [0.1, 0.15) is 0 Å². The number of nitrogens with zero attached hydrogens (tertiary/aromatic N) is 1. The third kappa shape index (κ3) is 2.87. The van der Waals surface area contributed by atoms with Crippen LogP contribution in [0.1, 0.15) is 6.42 Å². The average molecular weight is 197 g/mol. The van der Waals surface area contributed by atoms with Crippen molar-refractivity contribution in [2.45, 2.75) is 6.42 Å². The van der Waals surface area contributed by atoms with E-state index in [-0.39, 0.29) is 12.3 Å². The van der Waals surface area contributed by atoms with Crippen molar-refractivity contribution in [2.24, 2.45) is 0 Å². The first-order valence-corrected chi connectivity index (χ1v) is 4.12. The molecule has 0 aromatic carbocycles. The van der Waals surface area contributed by atoms with Gasteiger partial charge < -0.3 is 5.32 Å². The van der Waals surface area contributed by atoms with E-state index in [0.717, 1.165) is 0 Å². The Bertz CT molecular complexity index is 325. The fourth-order valence-electron chi connectivity index (χ4n) is 0.802. The molecule has 0 aliphatic carbocycles. The largest absolute Gasteiger partial charge is 0.323 e. The highest BCUT2D eigenvalue weighted by molar-refractivity contribution is 6.33. The van der Waals surface area contributed by atoms with Crippen molar-refractivity contribution in [3.63, 3.8) is 0 Å². The number of hydrogen-bond donors (Lipinski definition) is 1. The smallest absolute Gasteiger partial charge is 0.228 e. The number of carbonyl (C=O) groups is 1. The second kappa shape index (κ2) is 4.62. The van der Waals surface area contributed by atoms with E-state index >= 15 is 0 Å². The molecule has 13 heavy (non-hydrogen) atoms. The van der Waals surface area contributed by atoms with Crippen molar-refractivity contribution < 1.29 is 4.79 Å². The molecule has 1 heterocycles. The Kier molecular flexibility index (Phi) is 3.46. The molecule has 1 aromatic heterocycles. The number of aromatic nitrogens is 1. The van der Waals surface area contributed by atoms with E-state index < -0.39 is 0 Å². The molecule has 0 saturated heterocycles. The summed E-state index contributed by atoms with van der Waals surface area (Å²) in [5.41, 5.74) is 0.524. The highest BCUT2D eigenvalue weighted by Gasteiger charge is 2.02. The molecule has 0 atom stereocenters. The lowest BCUT2D eigenvalue weighted by Crippen LogP contribution is -2.10. The summed E-state index contributed by atoms with van der Waals surface area (Å²) in [6.07, 6.45) is 4.86. The molecule has 1 rings (SSSR count). The van der Waals surface area contributed by atoms with Crippen molar-refractivity contribution in [2.75, 3.05) is 5.32 Å². The summed E-state index contributed by atoms with van der Waals surface area (Å²) in [6.45, 7) is 3.46. The van der Waals surface area contributed by atoms with Gasteiger partial charge in [-0.25, -0.2) is 0 Å². The number of pyridine rings is 1. The first kappa shape index (κ1) is 9.74. The molecule has 0 bridgehead atoms. The Morgan fingerprint density at radius 3 is 3.15 bits per heavy atom. The standard InChI is InChI=1S/C9H9ClN2O/c1-2-3-9(13)12-8-6-11-5-4-7(8)10/h2,4-6H,1,3H2,(H,12,13). The molecule has 4 heteroatoms. The van der Waals surface area contributed by atoms with Crippen molar-refractivity contribution in [1.29, 1.82) is 0 Å². The van der Waals surface area contributed by atoms with E-state index in [4.69, 9.17) is 11.6 Å². The minimum Gasteiger partial charge on any atom is -0.323 e. The summed E-state index contributed by atoms with van der Waals surface area (Å²) in [6, 6.07) is 1.62. The van der Waals surface area contributed by atoms with Gasteiger partial charge in [-0.1, -0.05) is 17.7 Å². The molecular formula is C9H9ClN2O. The zero-order valence-electron chi connectivity index (χ0n) is 6.96. The van der Waals surface area contributed by atoms with Gasteiger partial charge in [-0.05, 0) is 6.07 Å². The molecule has 1 aromatic rings. The lowest BCUT2D eigenvalue weighted by Gasteiger charge is -2.03.